The van der Waals surface area contributed by atoms with Crippen LogP contribution < -0.4 is 5.32 Å². The third kappa shape index (κ3) is 4.52. The van der Waals surface area contributed by atoms with Gasteiger partial charge in [0.25, 0.3) is 11.8 Å². The van der Waals surface area contributed by atoms with Crippen LogP contribution in [0.1, 0.15) is 34.9 Å². The second kappa shape index (κ2) is 8.00. The van der Waals surface area contributed by atoms with Crippen molar-refractivity contribution in [3.8, 4) is 6.07 Å². The van der Waals surface area contributed by atoms with Crippen molar-refractivity contribution in [3.05, 3.63) is 35.0 Å². The van der Waals surface area contributed by atoms with Crippen molar-refractivity contribution in [1.29, 1.82) is 5.26 Å². The fraction of sp³-hybridized carbons (Fsp3) is 0.474. The van der Waals surface area contributed by atoms with Crippen molar-refractivity contribution in [1.82, 2.24) is 19.8 Å². The molecule has 2 aliphatic heterocycles. The summed E-state index contributed by atoms with van der Waals surface area (Å²) in [7, 11) is 0. The molecule has 0 radical (unpaired) electrons. The predicted molar refractivity (Wildman–Crippen MR) is 105 cm³/mol. The van der Waals surface area contributed by atoms with E-state index in [9.17, 15) is 13.6 Å². The summed E-state index contributed by atoms with van der Waals surface area (Å²) in [6.45, 7) is 1.05. The molecule has 0 spiro atoms. The lowest BCUT2D eigenvalue weighted by Crippen LogP contribution is -2.58. The van der Waals surface area contributed by atoms with Crippen LogP contribution in [-0.4, -0.2) is 64.3 Å². The van der Waals surface area contributed by atoms with Gasteiger partial charge in [-0.15, -0.1) is 11.3 Å². The minimum atomic E-state index is -2.79. The first-order chi connectivity index (χ1) is 13.9. The highest BCUT2D eigenvalue weighted by atomic mass is 32.1. The molecule has 2 saturated heterocycles. The van der Waals surface area contributed by atoms with E-state index in [0.717, 1.165) is 36.5 Å². The highest BCUT2D eigenvalue weighted by Crippen LogP contribution is 2.30. The molecule has 0 aliphatic carbocycles. The van der Waals surface area contributed by atoms with Gasteiger partial charge in [0.15, 0.2) is 5.13 Å². The first kappa shape index (κ1) is 19.7. The van der Waals surface area contributed by atoms with Crippen LogP contribution in [0, 0.1) is 11.3 Å². The van der Waals surface area contributed by atoms with Gasteiger partial charge in [-0.2, -0.15) is 5.26 Å². The molecule has 10 heteroatoms. The number of rotatable bonds is 5. The number of nitrogens with one attached hydrogen (secondary N) is 1. The van der Waals surface area contributed by atoms with Crippen LogP contribution in [0.2, 0.25) is 0 Å². The molecule has 2 aliphatic rings. The number of piperidine rings is 1. The van der Waals surface area contributed by atoms with Gasteiger partial charge in [0.2, 0.25) is 0 Å². The smallest absolute Gasteiger partial charge is 0.282 e. The Labute approximate surface area is 171 Å². The molecule has 0 bridgehead atoms. The average Bonchev–Trinajstić information content (AvgIpc) is 3.15. The zero-order valence-electron chi connectivity index (χ0n) is 15.6. The summed E-state index contributed by atoms with van der Waals surface area (Å²) in [5.41, 5.74) is 1.11. The lowest BCUT2D eigenvalue weighted by Gasteiger charge is -2.38. The quantitative estimate of drug-likeness (QED) is 0.752. The molecule has 2 aromatic rings. The number of carbonyl (C=O) groups excluding carboxylic acids is 1. The molecule has 1 N–H and O–H groups in total. The van der Waals surface area contributed by atoms with Crippen LogP contribution in [0.5, 0.6) is 0 Å². The second-order valence-electron chi connectivity index (χ2n) is 7.36. The lowest BCUT2D eigenvalue weighted by molar-refractivity contribution is -0.113. The van der Waals surface area contributed by atoms with E-state index in [1.807, 2.05) is 18.2 Å². The molecule has 1 unspecified atom stereocenters. The maximum Gasteiger partial charge on any atom is 0.282 e. The maximum atomic E-state index is 13.0. The number of likely N-dealkylation sites (tertiary alicyclic amines) is 2. The van der Waals surface area contributed by atoms with Crippen LogP contribution >= 0.6 is 11.3 Å². The molecule has 7 nitrogen and oxygen atoms in total. The van der Waals surface area contributed by atoms with E-state index in [2.05, 4.69) is 26.3 Å². The van der Waals surface area contributed by atoms with Gasteiger partial charge in [-0.1, -0.05) is 6.07 Å². The van der Waals surface area contributed by atoms with E-state index < -0.39 is 24.9 Å². The van der Waals surface area contributed by atoms with Gasteiger partial charge in [0, 0.05) is 23.5 Å². The standard InChI is InChI=1S/C19H20F2N6OS/c20-19(21)11-27(12-19)17(28)15-10-29-18(24-15)25-16-5-1-4-14(23-16)13-3-2-7-26(9-13)8-6-22/h1,4-5,10,13H,2-3,7-9,11-12H2,(H,23,24,25). The third-order valence-corrected chi connectivity index (χ3v) is 5.84. The van der Waals surface area contributed by atoms with E-state index in [1.165, 1.54) is 11.3 Å². The van der Waals surface area contributed by atoms with Crippen LogP contribution in [0.15, 0.2) is 23.6 Å². The van der Waals surface area contributed by atoms with Gasteiger partial charge in [-0.25, -0.2) is 18.7 Å². The Hall–Kier alpha value is -2.64. The Kier molecular flexibility index (Phi) is 5.43. The number of alkyl halides is 2. The normalized spacial score (nSPS) is 21.3. The lowest BCUT2D eigenvalue weighted by atomic mass is 9.94. The summed E-state index contributed by atoms with van der Waals surface area (Å²) in [6.07, 6.45) is 2.05. The largest absolute Gasteiger partial charge is 0.325 e. The first-order valence-electron chi connectivity index (χ1n) is 9.39. The number of aromatic nitrogens is 2. The van der Waals surface area contributed by atoms with Crippen LogP contribution in [0.25, 0.3) is 0 Å². The van der Waals surface area contributed by atoms with Crippen molar-refractivity contribution in [3.63, 3.8) is 0 Å². The van der Waals surface area contributed by atoms with Gasteiger partial charge < -0.3 is 10.2 Å². The van der Waals surface area contributed by atoms with Gasteiger partial charge in [0.1, 0.15) is 11.5 Å². The highest BCUT2D eigenvalue weighted by Gasteiger charge is 2.46. The fourth-order valence-corrected chi connectivity index (χ4v) is 4.34. The van der Waals surface area contributed by atoms with Gasteiger partial charge in [-0.3, -0.25) is 9.69 Å². The first-order valence-corrected chi connectivity index (χ1v) is 10.3. The second-order valence-corrected chi connectivity index (χ2v) is 8.22. The summed E-state index contributed by atoms with van der Waals surface area (Å²) in [4.78, 5) is 24.3. The number of hydrogen-bond donors (Lipinski definition) is 1. The SMILES string of the molecule is N#CCN1CCCC(c2cccc(Nc3nc(C(=O)N4CC(F)(F)C4)cs3)n2)C1. The molecule has 2 aromatic heterocycles. The number of pyridine rings is 1. The van der Waals surface area contributed by atoms with Gasteiger partial charge >= 0.3 is 0 Å². The number of amides is 1. The topological polar surface area (TPSA) is 85.2 Å². The van der Waals surface area contributed by atoms with Crippen LogP contribution in [0.3, 0.4) is 0 Å². The number of thiazole rings is 1. The van der Waals surface area contributed by atoms with Gasteiger partial charge in [-0.05, 0) is 31.5 Å². The monoisotopic (exact) mass is 418 g/mol. The zero-order valence-corrected chi connectivity index (χ0v) is 16.5. The van der Waals surface area contributed by atoms with Crippen molar-refractivity contribution in [2.24, 2.45) is 0 Å². The molecule has 1 atom stereocenters. The van der Waals surface area contributed by atoms with Crippen molar-refractivity contribution in [2.45, 2.75) is 24.7 Å². The van der Waals surface area contributed by atoms with Crippen molar-refractivity contribution in [2.75, 3.05) is 38.0 Å². The number of carbonyl (C=O) groups is 1. The molecule has 0 aromatic carbocycles. The Morgan fingerprint density at radius 3 is 2.97 bits per heavy atom. The van der Waals surface area contributed by atoms with E-state index in [4.69, 9.17) is 5.26 Å². The van der Waals surface area contributed by atoms with E-state index in [-0.39, 0.29) is 11.6 Å². The third-order valence-electron chi connectivity index (χ3n) is 5.08. The number of halogens is 2. The van der Waals surface area contributed by atoms with Crippen LogP contribution in [-0.2, 0) is 0 Å². The number of nitriles is 1. The highest BCUT2D eigenvalue weighted by molar-refractivity contribution is 7.14. The minimum absolute atomic E-state index is 0.156. The number of nitrogens with zero attached hydrogens (tertiary/aromatic N) is 5. The summed E-state index contributed by atoms with van der Waals surface area (Å²) < 4.78 is 25.9. The Balaban J connectivity index is 1.40. The minimum Gasteiger partial charge on any atom is -0.325 e. The van der Waals surface area contributed by atoms with Gasteiger partial charge in [0.05, 0.1) is 25.7 Å². The summed E-state index contributed by atoms with van der Waals surface area (Å²) in [5.74, 6) is -2.40. The Morgan fingerprint density at radius 2 is 2.21 bits per heavy atom. The molecule has 152 valence electrons. The molecule has 29 heavy (non-hydrogen) atoms. The summed E-state index contributed by atoms with van der Waals surface area (Å²) in [5, 5.41) is 14.1. The molecule has 4 heterocycles. The van der Waals surface area contributed by atoms with E-state index >= 15 is 0 Å². The van der Waals surface area contributed by atoms with E-state index in [1.54, 1.807) is 5.38 Å². The molecule has 0 saturated carbocycles. The fourth-order valence-electron chi connectivity index (χ4n) is 3.65. The van der Waals surface area contributed by atoms with Crippen LogP contribution in [0.4, 0.5) is 19.7 Å². The Morgan fingerprint density at radius 1 is 1.38 bits per heavy atom. The van der Waals surface area contributed by atoms with E-state index in [0.29, 0.717) is 17.5 Å². The number of anilines is 2. The molecular formula is C19H20F2N6OS. The molecule has 4 rings (SSSR count). The van der Waals surface area contributed by atoms with Crippen molar-refractivity contribution >= 4 is 28.2 Å². The zero-order chi connectivity index (χ0) is 20.4. The summed E-state index contributed by atoms with van der Waals surface area (Å²) >= 11 is 1.23. The predicted octanol–water partition coefficient (Wildman–Crippen LogP) is 3.08. The molecule has 1 amide bonds. The number of hydrogen-bond acceptors (Lipinski definition) is 7. The average molecular weight is 418 g/mol. The summed E-state index contributed by atoms with van der Waals surface area (Å²) in [6, 6.07) is 7.91. The maximum absolute atomic E-state index is 13.0. The molecular weight excluding hydrogens is 398 g/mol. The van der Waals surface area contributed by atoms with Crippen molar-refractivity contribution < 1.29 is 13.6 Å². The Bertz CT molecular complexity index is 935. The molecule has 2 fully saturated rings.